The van der Waals surface area contributed by atoms with Crippen molar-refractivity contribution in [1.29, 1.82) is 0 Å². The van der Waals surface area contributed by atoms with E-state index in [1.165, 1.54) is 7.11 Å². The van der Waals surface area contributed by atoms with E-state index in [1.807, 2.05) is 0 Å². The maximum Gasteiger partial charge on any atom is 0.261 e. The summed E-state index contributed by atoms with van der Waals surface area (Å²) in [5, 5.41) is 13.6. The molecular formula is C15H17NO4. The minimum Gasteiger partial charge on any atom is -0.497 e. The Kier molecular flexibility index (Phi) is 3.01. The Hall–Kier alpha value is -1.88. The molecule has 1 fully saturated rings. The molecule has 0 saturated heterocycles. The number of carbonyl (C=O) groups excluding carboxylic acids is 2. The van der Waals surface area contributed by atoms with Gasteiger partial charge in [0.25, 0.3) is 5.91 Å². The lowest BCUT2D eigenvalue weighted by molar-refractivity contribution is -0.150. The van der Waals surface area contributed by atoms with E-state index in [9.17, 15) is 14.7 Å². The fourth-order valence-corrected chi connectivity index (χ4v) is 3.19. The standard InChI is InChI=1S/C15H17NO4/c1-20-9-6-7-12-11(8-9)15(19,14(18)16-12)10-4-2-3-5-13(10)17/h6-8,10,19H,2-5H2,1H3,(H,16,18)/t10-,15-/m1/s1. The monoisotopic (exact) mass is 275 g/mol. The van der Waals surface area contributed by atoms with Gasteiger partial charge < -0.3 is 15.2 Å². The maximum absolute atomic E-state index is 12.2. The first-order chi connectivity index (χ1) is 9.57. The van der Waals surface area contributed by atoms with Crippen molar-refractivity contribution in [3.05, 3.63) is 23.8 Å². The summed E-state index contributed by atoms with van der Waals surface area (Å²) < 4.78 is 5.15. The summed E-state index contributed by atoms with van der Waals surface area (Å²) in [5.41, 5.74) is -0.764. The van der Waals surface area contributed by atoms with Crippen LogP contribution in [0, 0.1) is 5.92 Å². The van der Waals surface area contributed by atoms with Crippen LogP contribution in [0.25, 0.3) is 0 Å². The molecule has 2 N–H and O–H groups in total. The van der Waals surface area contributed by atoms with Gasteiger partial charge in [-0.05, 0) is 31.0 Å². The fraction of sp³-hybridized carbons (Fsp3) is 0.467. The van der Waals surface area contributed by atoms with Crippen molar-refractivity contribution in [2.45, 2.75) is 31.3 Å². The number of hydrogen-bond donors (Lipinski definition) is 2. The lowest BCUT2D eigenvalue weighted by atomic mass is 9.73. The maximum atomic E-state index is 12.2. The van der Waals surface area contributed by atoms with Gasteiger partial charge in [-0.25, -0.2) is 0 Å². The Balaban J connectivity index is 2.09. The number of hydrogen-bond acceptors (Lipinski definition) is 4. The second kappa shape index (κ2) is 4.59. The Morgan fingerprint density at radius 3 is 2.85 bits per heavy atom. The van der Waals surface area contributed by atoms with E-state index in [1.54, 1.807) is 18.2 Å². The Morgan fingerprint density at radius 1 is 1.35 bits per heavy atom. The second-order valence-electron chi connectivity index (χ2n) is 5.40. The van der Waals surface area contributed by atoms with Gasteiger partial charge in [0.1, 0.15) is 11.5 Å². The van der Waals surface area contributed by atoms with Crippen LogP contribution in [0.1, 0.15) is 31.2 Å². The topological polar surface area (TPSA) is 75.6 Å². The number of benzene rings is 1. The van der Waals surface area contributed by atoms with Gasteiger partial charge in [-0.3, -0.25) is 9.59 Å². The molecule has 1 heterocycles. The van der Waals surface area contributed by atoms with Crippen LogP contribution in [0.5, 0.6) is 5.75 Å². The molecule has 1 aromatic rings. The van der Waals surface area contributed by atoms with Gasteiger partial charge in [0.15, 0.2) is 5.60 Å². The number of fused-ring (bicyclic) bond motifs is 1. The van der Waals surface area contributed by atoms with E-state index in [2.05, 4.69) is 5.32 Å². The van der Waals surface area contributed by atoms with Crippen molar-refractivity contribution in [3.8, 4) is 5.75 Å². The smallest absolute Gasteiger partial charge is 0.261 e. The minimum atomic E-state index is -1.76. The quantitative estimate of drug-likeness (QED) is 0.859. The highest BCUT2D eigenvalue weighted by Crippen LogP contribution is 2.46. The SMILES string of the molecule is COc1ccc2c(c1)[C@](O)([C@@H]1CCCCC1=O)C(=O)N2. The molecule has 1 aliphatic carbocycles. The summed E-state index contributed by atoms with van der Waals surface area (Å²) in [5.74, 6) is -0.655. The average molecular weight is 275 g/mol. The first-order valence-electron chi connectivity index (χ1n) is 6.82. The molecule has 1 aromatic carbocycles. The van der Waals surface area contributed by atoms with Crippen molar-refractivity contribution in [1.82, 2.24) is 0 Å². The Bertz CT molecular complexity index is 583. The molecule has 20 heavy (non-hydrogen) atoms. The third kappa shape index (κ3) is 1.73. The number of anilines is 1. The number of Topliss-reactive ketones (excluding diaryl/α,β-unsaturated/α-hetero) is 1. The van der Waals surface area contributed by atoms with E-state index >= 15 is 0 Å². The molecule has 2 aliphatic rings. The van der Waals surface area contributed by atoms with E-state index in [0.29, 0.717) is 29.8 Å². The third-order valence-electron chi connectivity index (χ3n) is 4.29. The predicted molar refractivity (Wildman–Crippen MR) is 72.5 cm³/mol. The molecule has 1 aliphatic heterocycles. The largest absolute Gasteiger partial charge is 0.497 e. The number of methoxy groups -OCH3 is 1. The van der Waals surface area contributed by atoms with E-state index in [4.69, 9.17) is 4.74 Å². The number of amides is 1. The van der Waals surface area contributed by atoms with Gasteiger partial charge in [0.2, 0.25) is 0 Å². The molecule has 0 bridgehead atoms. The van der Waals surface area contributed by atoms with E-state index in [0.717, 1.165) is 12.8 Å². The van der Waals surface area contributed by atoms with Crippen LogP contribution in [-0.4, -0.2) is 23.9 Å². The minimum absolute atomic E-state index is 0.0374. The Labute approximate surface area is 116 Å². The van der Waals surface area contributed by atoms with Crippen LogP contribution in [0.4, 0.5) is 5.69 Å². The molecule has 106 valence electrons. The highest BCUT2D eigenvalue weighted by Gasteiger charge is 2.54. The van der Waals surface area contributed by atoms with Crippen LogP contribution in [0.15, 0.2) is 18.2 Å². The summed E-state index contributed by atoms with van der Waals surface area (Å²) in [7, 11) is 1.52. The molecule has 0 radical (unpaired) electrons. The summed E-state index contributed by atoms with van der Waals surface area (Å²) in [6, 6.07) is 5.04. The summed E-state index contributed by atoms with van der Waals surface area (Å²) in [6.07, 6.45) is 2.66. The van der Waals surface area contributed by atoms with Crippen LogP contribution >= 0.6 is 0 Å². The highest BCUT2D eigenvalue weighted by atomic mass is 16.5. The molecular weight excluding hydrogens is 258 g/mol. The molecule has 5 heteroatoms. The van der Waals surface area contributed by atoms with Crippen molar-refractivity contribution < 1.29 is 19.4 Å². The van der Waals surface area contributed by atoms with Gasteiger partial charge >= 0.3 is 0 Å². The van der Waals surface area contributed by atoms with Crippen LogP contribution < -0.4 is 10.1 Å². The van der Waals surface area contributed by atoms with Crippen molar-refractivity contribution in [2.75, 3.05) is 12.4 Å². The number of ketones is 1. The number of rotatable bonds is 2. The predicted octanol–water partition coefficient (Wildman–Crippen LogP) is 1.59. The molecule has 1 amide bonds. The van der Waals surface area contributed by atoms with Gasteiger partial charge in [-0.2, -0.15) is 0 Å². The van der Waals surface area contributed by atoms with Gasteiger partial charge in [0.05, 0.1) is 13.0 Å². The number of carbonyl (C=O) groups is 2. The molecule has 3 rings (SSSR count). The molecule has 0 spiro atoms. The second-order valence-corrected chi connectivity index (χ2v) is 5.40. The summed E-state index contributed by atoms with van der Waals surface area (Å²) in [4.78, 5) is 24.4. The fourth-order valence-electron chi connectivity index (χ4n) is 3.19. The van der Waals surface area contributed by atoms with Crippen molar-refractivity contribution in [3.63, 3.8) is 0 Å². The number of ether oxygens (including phenoxy) is 1. The average Bonchev–Trinajstić information content (AvgIpc) is 2.71. The zero-order chi connectivity index (χ0) is 14.3. The van der Waals surface area contributed by atoms with Crippen LogP contribution in [0.3, 0.4) is 0 Å². The highest BCUT2D eigenvalue weighted by molar-refractivity contribution is 6.08. The van der Waals surface area contributed by atoms with Crippen molar-refractivity contribution >= 4 is 17.4 Å². The summed E-state index contributed by atoms with van der Waals surface area (Å²) in [6.45, 7) is 0. The number of nitrogens with one attached hydrogen (secondary N) is 1. The van der Waals surface area contributed by atoms with E-state index < -0.39 is 17.4 Å². The Morgan fingerprint density at radius 2 is 2.15 bits per heavy atom. The molecule has 0 aromatic heterocycles. The lowest BCUT2D eigenvalue weighted by Crippen LogP contribution is -2.46. The van der Waals surface area contributed by atoms with Crippen LogP contribution in [0.2, 0.25) is 0 Å². The zero-order valence-corrected chi connectivity index (χ0v) is 11.3. The first kappa shape index (κ1) is 13.1. The van der Waals surface area contributed by atoms with E-state index in [-0.39, 0.29) is 5.78 Å². The summed E-state index contributed by atoms with van der Waals surface area (Å²) >= 11 is 0. The molecule has 5 nitrogen and oxygen atoms in total. The van der Waals surface area contributed by atoms with Crippen LogP contribution in [-0.2, 0) is 15.2 Å². The van der Waals surface area contributed by atoms with Gasteiger partial charge in [-0.15, -0.1) is 0 Å². The van der Waals surface area contributed by atoms with Gasteiger partial charge in [-0.1, -0.05) is 6.42 Å². The zero-order valence-electron chi connectivity index (χ0n) is 11.3. The number of aliphatic hydroxyl groups is 1. The van der Waals surface area contributed by atoms with Gasteiger partial charge in [0, 0.05) is 17.7 Å². The lowest BCUT2D eigenvalue weighted by Gasteiger charge is -2.32. The normalized spacial score (nSPS) is 29.0. The first-order valence-corrected chi connectivity index (χ1v) is 6.82. The molecule has 2 atom stereocenters. The molecule has 1 saturated carbocycles. The molecule has 0 unspecified atom stereocenters. The third-order valence-corrected chi connectivity index (χ3v) is 4.29. The van der Waals surface area contributed by atoms with Crippen molar-refractivity contribution in [2.24, 2.45) is 5.92 Å².